The first-order valence-corrected chi connectivity index (χ1v) is 8.14. The van der Waals surface area contributed by atoms with E-state index in [0.29, 0.717) is 5.69 Å². The van der Waals surface area contributed by atoms with Gasteiger partial charge in [-0.1, -0.05) is 0 Å². The maximum Gasteiger partial charge on any atom is 0.270 e. The molecule has 5 nitrogen and oxygen atoms in total. The first kappa shape index (κ1) is 13.3. The van der Waals surface area contributed by atoms with E-state index in [1.165, 1.54) is 19.5 Å². The topological polar surface area (TPSA) is 49.6 Å². The van der Waals surface area contributed by atoms with Gasteiger partial charge in [-0.2, -0.15) is 0 Å². The summed E-state index contributed by atoms with van der Waals surface area (Å²) in [5.41, 5.74) is 1.45. The standard InChI is InChI=1S/C15H17BrN4O/c16-14-2-1-12-6-13(17-9-20(12)14)15(21)18-11-5-10-3-4-19(7-10)8-11/h1-2,6,9-11H,3-5,7-8H2,(H,18,21)/t10?,11-/m1/s1. The van der Waals surface area contributed by atoms with Crippen LogP contribution in [0.1, 0.15) is 23.3 Å². The lowest BCUT2D eigenvalue weighted by Crippen LogP contribution is -2.47. The van der Waals surface area contributed by atoms with Crippen molar-refractivity contribution in [3.63, 3.8) is 0 Å². The smallest absolute Gasteiger partial charge is 0.270 e. The number of halogens is 1. The van der Waals surface area contributed by atoms with Gasteiger partial charge < -0.3 is 10.2 Å². The molecule has 2 aliphatic rings. The summed E-state index contributed by atoms with van der Waals surface area (Å²) in [5, 5.41) is 3.14. The maximum atomic E-state index is 12.4. The molecule has 0 spiro atoms. The van der Waals surface area contributed by atoms with E-state index >= 15 is 0 Å². The van der Waals surface area contributed by atoms with Crippen molar-refractivity contribution in [2.75, 3.05) is 19.6 Å². The summed E-state index contributed by atoms with van der Waals surface area (Å²) in [7, 11) is 0. The van der Waals surface area contributed by atoms with Crippen molar-refractivity contribution in [3.05, 3.63) is 34.8 Å². The highest BCUT2D eigenvalue weighted by atomic mass is 79.9. The molecule has 2 unspecified atom stereocenters. The minimum Gasteiger partial charge on any atom is -0.347 e. The number of carbonyl (C=O) groups excluding carboxylic acids is 1. The Balaban J connectivity index is 1.50. The molecule has 21 heavy (non-hydrogen) atoms. The lowest BCUT2D eigenvalue weighted by Gasteiger charge is -2.30. The SMILES string of the molecule is O=C(N[C@@H]1CC2CCN(C2)C1)c1cc2ccc(Br)n2cn1. The molecule has 3 atom stereocenters. The second-order valence-corrected chi connectivity index (χ2v) is 6.86. The number of hydrogen-bond acceptors (Lipinski definition) is 3. The van der Waals surface area contributed by atoms with Gasteiger partial charge in [-0.25, -0.2) is 4.98 Å². The average Bonchev–Trinajstić information content (AvgIpc) is 3.02. The Hall–Kier alpha value is -1.40. The van der Waals surface area contributed by atoms with Crippen LogP contribution in [0.15, 0.2) is 29.1 Å². The van der Waals surface area contributed by atoms with Crippen molar-refractivity contribution in [2.24, 2.45) is 5.92 Å². The minimum atomic E-state index is -0.0673. The average molecular weight is 349 g/mol. The number of piperidine rings is 1. The molecule has 4 rings (SSSR count). The fourth-order valence-corrected chi connectivity index (χ4v) is 3.95. The van der Waals surface area contributed by atoms with E-state index in [1.54, 1.807) is 6.33 Å². The van der Waals surface area contributed by atoms with Crippen molar-refractivity contribution < 1.29 is 4.79 Å². The second-order valence-electron chi connectivity index (χ2n) is 6.05. The van der Waals surface area contributed by atoms with E-state index in [2.05, 4.69) is 31.1 Å². The van der Waals surface area contributed by atoms with Crippen LogP contribution in [0.2, 0.25) is 0 Å². The van der Waals surface area contributed by atoms with Crippen molar-refractivity contribution in [1.29, 1.82) is 0 Å². The Morgan fingerprint density at radius 3 is 3.14 bits per heavy atom. The number of nitrogens with zero attached hydrogens (tertiary/aromatic N) is 3. The Morgan fingerprint density at radius 2 is 2.29 bits per heavy atom. The molecular weight excluding hydrogens is 332 g/mol. The van der Waals surface area contributed by atoms with Crippen LogP contribution in [0.3, 0.4) is 0 Å². The summed E-state index contributed by atoms with van der Waals surface area (Å²) in [6.45, 7) is 3.36. The molecule has 0 aromatic carbocycles. The predicted molar refractivity (Wildman–Crippen MR) is 83.3 cm³/mol. The van der Waals surface area contributed by atoms with E-state index in [9.17, 15) is 4.79 Å². The highest BCUT2D eigenvalue weighted by molar-refractivity contribution is 9.10. The van der Waals surface area contributed by atoms with E-state index in [4.69, 9.17) is 0 Å². The molecule has 6 heteroatoms. The van der Waals surface area contributed by atoms with Crippen LogP contribution in [0.25, 0.3) is 5.52 Å². The van der Waals surface area contributed by atoms with Gasteiger partial charge in [0.25, 0.3) is 5.91 Å². The van der Waals surface area contributed by atoms with Crippen LogP contribution >= 0.6 is 15.9 Å². The van der Waals surface area contributed by atoms with Gasteiger partial charge >= 0.3 is 0 Å². The van der Waals surface area contributed by atoms with E-state index in [1.807, 2.05) is 22.6 Å². The van der Waals surface area contributed by atoms with Gasteiger partial charge in [0.2, 0.25) is 0 Å². The van der Waals surface area contributed by atoms with Crippen molar-refractivity contribution >= 4 is 27.4 Å². The molecular formula is C15H17BrN4O. The highest BCUT2D eigenvalue weighted by Crippen LogP contribution is 2.26. The van der Waals surface area contributed by atoms with Gasteiger partial charge in [0, 0.05) is 24.6 Å². The Bertz CT molecular complexity index is 686. The molecule has 2 fully saturated rings. The molecule has 2 bridgehead atoms. The lowest BCUT2D eigenvalue weighted by atomic mass is 9.97. The molecule has 4 heterocycles. The summed E-state index contributed by atoms with van der Waals surface area (Å²) < 4.78 is 2.84. The highest BCUT2D eigenvalue weighted by Gasteiger charge is 2.33. The Morgan fingerprint density at radius 1 is 1.38 bits per heavy atom. The lowest BCUT2D eigenvalue weighted by molar-refractivity contribution is 0.0904. The Kier molecular flexibility index (Phi) is 3.23. The Labute approximate surface area is 131 Å². The van der Waals surface area contributed by atoms with Crippen LogP contribution in [-0.4, -0.2) is 45.9 Å². The summed E-state index contributed by atoms with van der Waals surface area (Å²) in [6, 6.07) is 6.01. The number of rotatable bonds is 2. The van der Waals surface area contributed by atoms with Crippen LogP contribution in [0.5, 0.6) is 0 Å². The molecule has 1 N–H and O–H groups in total. The van der Waals surface area contributed by atoms with Crippen LogP contribution in [0, 0.1) is 5.92 Å². The van der Waals surface area contributed by atoms with Gasteiger partial charge in [0.1, 0.15) is 12.0 Å². The molecule has 2 aliphatic heterocycles. The number of fused-ring (bicyclic) bond motifs is 3. The normalized spacial score (nSPS) is 28.0. The van der Waals surface area contributed by atoms with Crippen LogP contribution < -0.4 is 5.32 Å². The first-order valence-electron chi connectivity index (χ1n) is 7.35. The first-order chi connectivity index (χ1) is 10.2. The molecule has 0 radical (unpaired) electrons. The van der Waals surface area contributed by atoms with E-state index in [-0.39, 0.29) is 11.9 Å². The van der Waals surface area contributed by atoms with E-state index in [0.717, 1.165) is 29.0 Å². The third-order valence-corrected chi connectivity index (χ3v) is 5.18. The molecule has 110 valence electrons. The molecule has 2 saturated heterocycles. The monoisotopic (exact) mass is 348 g/mol. The fourth-order valence-electron chi connectivity index (χ4n) is 3.52. The van der Waals surface area contributed by atoms with Crippen LogP contribution in [0.4, 0.5) is 0 Å². The summed E-state index contributed by atoms with van der Waals surface area (Å²) >= 11 is 3.45. The van der Waals surface area contributed by atoms with Gasteiger partial charge in [-0.15, -0.1) is 0 Å². The van der Waals surface area contributed by atoms with Gasteiger partial charge in [-0.3, -0.25) is 9.20 Å². The predicted octanol–water partition coefficient (Wildman–Crippen LogP) is 1.92. The van der Waals surface area contributed by atoms with Crippen molar-refractivity contribution in [1.82, 2.24) is 19.6 Å². The molecule has 0 saturated carbocycles. The zero-order valence-electron chi connectivity index (χ0n) is 11.6. The number of hydrogen-bond donors (Lipinski definition) is 1. The van der Waals surface area contributed by atoms with Crippen LogP contribution in [-0.2, 0) is 0 Å². The van der Waals surface area contributed by atoms with Gasteiger partial charge in [0.05, 0.1) is 4.60 Å². The number of carbonyl (C=O) groups is 1. The maximum absolute atomic E-state index is 12.4. The molecule has 1 amide bonds. The molecule has 0 aliphatic carbocycles. The summed E-state index contributed by atoms with van der Waals surface area (Å²) in [4.78, 5) is 19.1. The second kappa shape index (κ2) is 5.10. The summed E-state index contributed by atoms with van der Waals surface area (Å²) in [6.07, 6.45) is 4.05. The van der Waals surface area contributed by atoms with Gasteiger partial charge in [0.15, 0.2) is 0 Å². The summed E-state index contributed by atoms with van der Waals surface area (Å²) in [5.74, 6) is 0.684. The van der Waals surface area contributed by atoms with E-state index < -0.39 is 0 Å². The number of nitrogens with one attached hydrogen (secondary N) is 1. The fraction of sp³-hybridized carbons (Fsp3) is 0.467. The van der Waals surface area contributed by atoms with Gasteiger partial charge in [-0.05, 0) is 59.4 Å². The van der Waals surface area contributed by atoms with Crippen molar-refractivity contribution in [3.8, 4) is 0 Å². The zero-order chi connectivity index (χ0) is 14.4. The third kappa shape index (κ3) is 2.46. The third-order valence-electron chi connectivity index (χ3n) is 4.53. The van der Waals surface area contributed by atoms with Crippen molar-refractivity contribution in [2.45, 2.75) is 18.9 Å². The molecule has 2 aromatic heterocycles. The largest absolute Gasteiger partial charge is 0.347 e. The zero-order valence-corrected chi connectivity index (χ0v) is 13.2. The molecule has 2 aromatic rings. The minimum absolute atomic E-state index is 0.0673. The number of aromatic nitrogens is 2. The quantitative estimate of drug-likeness (QED) is 0.901. The number of amides is 1.